The Morgan fingerprint density at radius 2 is 0.493 bits per heavy atom. The first kappa shape index (κ1) is 65.4. The van der Waals surface area contributed by atoms with E-state index in [1.807, 2.05) is 0 Å². The molecular formula is C61H118O6. The second-order valence-corrected chi connectivity index (χ2v) is 21.9. The van der Waals surface area contributed by atoms with Crippen molar-refractivity contribution in [2.24, 2.45) is 11.8 Å². The van der Waals surface area contributed by atoms with E-state index in [9.17, 15) is 14.4 Å². The third-order valence-electron chi connectivity index (χ3n) is 14.0. The summed E-state index contributed by atoms with van der Waals surface area (Å²) in [5, 5.41) is 0. The molecule has 67 heavy (non-hydrogen) atoms. The normalized spacial score (nSPS) is 12.0. The maximum atomic E-state index is 12.9. The molecule has 0 amide bonds. The summed E-state index contributed by atoms with van der Waals surface area (Å²) < 4.78 is 16.9. The highest BCUT2D eigenvalue weighted by molar-refractivity contribution is 5.71. The van der Waals surface area contributed by atoms with Crippen LogP contribution >= 0.6 is 0 Å². The first-order valence-corrected chi connectivity index (χ1v) is 30.2. The van der Waals surface area contributed by atoms with Crippen LogP contribution in [0.2, 0.25) is 0 Å². The van der Waals surface area contributed by atoms with Crippen molar-refractivity contribution in [2.75, 3.05) is 13.2 Å². The van der Waals surface area contributed by atoms with Gasteiger partial charge in [0.25, 0.3) is 0 Å². The molecule has 1 atom stereocenters. The van der Waals surface area contributed by atoms with E-state index in [4.69, 9.17) is 14.2 Å². The van der Waals surface area contributed by atoms with Crippen LogP contribution in [-0.4, -0.2) is 37.2 Å². The number of rotatable bonds is 55. The fraction of sp³-hybridized carbons (Fsp3) is 0.951. The Hall–Kier alpha value is -1.59. The van der Waals surface area contributed by atoms with Crippen LogP contribution in [0.3, 0.4) is 0 Å². The standard InChI is InChI=1S/C61H118O6/c1-6-7-8-9-10-11-12-19-26-31-36-41-46-51-59(62)65-54-58(55-66-60(63)52-47-42-37-32-27-22-18-17-21-25-30-35-40-45-50-57(4)5)67-61(64)53-48-43-38-33-28-23-16-14-13-15-20-24-29-34-39-44-49-56(2)3/h56-58H,6-55H2,1-5H3/t58-/m1/s1. The Morgan fingerprint density at radius 1 is 0.284 bits per heavy atom. The molecule has 6 heteroatoms. The van der Waals surface area contributed by atoms with Crippen molar-refractivity contribution >= 4 is 17.9 Å². The quantitative estimate of drug-likeness (QED) is 0.0343. The Kier molecular flexibility index (Phi) is 52.5. The molecule has 6 nitrogen and oxygen atoms in total. The van der Waals surface area contributed by atoms with Gasteiger partial charge in [-0.3, -0.25) is 14.4 Å². The van der Waals surface area contributed by atoms with Crippen LogP contribution in [0.4, 0.5) is 0 Å². The molecule has 0 aromatic carbocycles. The number of esters is 3. The lowest BCUT2D eigenvalue weighted by atomic mass is 10.0. The zero-order valence-corrected chi connectivity index (χ0v) is 46.0. The second-order valence-electron chi connectivity index (χ2n) is 21.9. The van der Waals surface area contributed by atoms with Gasteiger partial charge in [-0.2, -0.15) is 0 Å². The molecule has 0 heterocycles. The lowest BCUT2D eigenvalue weighted by Gasteiger charge is -2.18. The molecule has 0 saturated heterocycles. The van der Waals surface area contributed by atoms with Crippen molar-refractivity contribution in [3.8, 4) is 0 Å². The van der Waals surface area contributed by atoms with Gasteiger partial charge in [0.05, 0.1) is 0 Å². The fourth-order valence-corrected chi connectivity index (χ4v) is 9.40. The predicted molar refractivity (Wildman–Crippen MR) is 289 cm³/mol. The van der Waals surface area contributed by atoms with Gasteiger partial charge in [-0.25, -0.2) is 0 Å². The van der Waals surface area contributed by atoms with Gasteiger partial charge in [0.2, 0.25) is 0 Å². The first-order valence-electron chi connectivity index (χ1n) is 30.2. The van der Waals surface area contributed by atoms with Crippen molar-refractivity contribution in [1.82, 2.24) is 0 Å². The van der Waals surface area contributed by atoms with Crippen LogP contribution in [0, 0.1) is 11.8 Å². The zero-order valence-electron chi connectivity index (χ0n) is 46.0. The number of hydrogen-bond donors (Lipinski definition) is 0. The molecule has 0 bridgehead atoms. The summed E-state index contributed by atoms with van der Waals surface area (Å²) in [5.74, 6) is 0.862. The summed E-state index contributed by atoms with van der Waals surface area (Å²) >= 11 is 0. The highest BCUT2D eigenvalue weighted by Gasteiger charge is 2.19. The van der Waals surface area contributed by atoms with Crippen LogP contribution in [0.5, 0.6) is 0 Å². The van der Waals surface area contributed by atoms with Crippen molar-refractivity contribution in [2.45, 2.75) is 349 Å². The van der Waals surface area contributed by atoms with Crippen molar-refractivity contribution in [3.63, 3.8) is 0 Å². The summed E-state index contributed by atoms with van der Waals surface area (Å²) in [6.07, 6.45) is 58.1. The minimum absolute atomic E-state index is 0.0622. The molecule has 0 unspecified atom stereocenters. The Morgan fingerprint density at radius 3 is 0.731 bits per heavy atom. The largest absolute Gasteiger partial charge is 0.462 e. The monoisotopic (exact) mass is 947 g/mol. The fourth-order valence-electron chi connectivity index (χ4n) is 9.40. The molecule has 0 rings (SSSR count). The molecule has 0 fully saturated rings. The van der Waals surface area contributed by atoms with Crippen LogP contribution in [-0.2, 0) is 28.6 Å². The third kappa shape index (κ3) is 55.2. The Labute approximate surface area is 418 Å². The van der Waals surface area contributed by atoms with E-state index in [0.717, 1.165) is 69.6 Å². The van der Waals surface area contributed by atoms with Crippen LogP contribution in [0.15, 0.2) is 0 Å². The number of carbonyl (C=O) groups excluding carboxylic acids is 3. The van der Waals surface area contributed by atoms with Gasteiger partial charge in [0, 0.05) is 19.3 Å². The van der Waals surface area contributed by atoms with E-state index in [-0.39, 0.29) is 31.1 Å². The van der Waals surface area contributed by atoms with Gasteiger partial charge in [-0.05, 0) is 31.1 Å². The average molecular weight is 948 g/mol. The SMILES string of the molecule is CCCCCCCCCCCCCCCC(=O)OC[C@H](COC(=O)CCCCCCCCCCCCCCCCC(C)C)OC(=O)CCCCCCCCCCCCCCCCCCC(C)C. The molecule has 0 saturated carbocycles. The Balaban J connectivity index is 4.28. The molecular weight excluding hydrogens is 829 g/mol. The van der Waals surface area contributed by atoms with E-state index in [2.05, 4.69) is 34.6 Å². The number of carbonyl (C=O) groups is 3. The zero-order chi connectivity index (χ0) is 48.9. The molecule has 0 spiro atoms. The van der Waals surface area contributed by atoms with E-state index < -0.39 is 6.10 Å². The maximum absolute atomic E-state index is 12.9. The minimum Gasteiger partial charge on any atom is -0.462 e. The topological polar surface area (TPSA) is 78.9 Å². The average Bonchev–Trinajstić information content (AvgIpc) is 3.30. The molecule has 0 radical (unpaired) electrons. The number of hydrogen-bond acceptors (Lipinski definition) is 6. The van der Waals surface area contributed by atoms with Crippen LogP contribution in [0.1, 0.15) is 343 Å². The Bertz CT molecular complexity index is 1020. The van der Waals surface area contributed by atoms with E-state index in [1.165, 1.54) is 231 Å². The van der Waals surface area contributed by atoms with Crippen LogP contribution < -0.4 is 0 Å². The van der Waals surface area contributed by atoms with Crippen molar-refractivity contribution in [3.05, 3.63) is 0 Å². The van der Waals surface area contributed by atoms with Gasteiger partial charge in [-0.15, -0.1) is 0 Å². The summed E-state index contributed by atoms with van der Waals surface area (Å²) in [4.78, 5) is 38.2. The van der Waals surface area contributed by atoms with Gasteiger partial charge < -0.3 is 14.2 Å². The van der Waals surface area contributed by atoms with Gasteiger partial charge in [-0.1, -0.05) is 304 Å². The highest BCUT2D eigenvalue weighted by atomic mass is 16.6. The van der Waals surface area contributed by atoms with E-state index >= 15 is 0 Å². The molecule has 398 valence electrons. The number of unbranched alkanes of at least 4 members (excludes halogenated alkanes) is 40. The molecule has 0 aromatic rings. The minimum atomic E-state index is -0.763. The molecule has 0 aromatic heterocycles. The lowest BCUT2D eigenvalue weighted by molar-refractivity contribution is -0.167. The van der Waals surface area contributed by atoms with Crippen molar-refractivity contribution < 1.29 is 28.6 Å². The smallest absolute Gasteiger partial charge is 0.306 e. The predicted octanol–water partition coefficient (Wildman–Crippen LogP) is 20.0. The summed E-state index contributed by atoms with van der Waals surface area (Å²) in [6.45, 7) is 11.4. The van der Waals surface area contributed by atoms with Crippen LogP contribution in [0.25, 0.3) is 0 Å². The first-order chi connectivity index (χ1) is 32.7. The van der Waals surface area contributed by atoms with E-state index in [0.29, 0.717) is 19.3 Å². The second kappa shape index (κ2) is 53.8. The van der Waals surface area contributed by atoms with Gasteiger partial charge >= 0.3 is 17.9 Å². The maximum Gasteiger partial charge on any atom is 0.306 e. The molecule has 0 aliphatic carbocycles. The summed E-state index contributed by atoms with van der Waals surface area (Å²) in [6, 6.07) is 0. The van der Waals surface area contributed by atoms with Gasteiger partial charge in [0.1, 0.15) is 13.2 Å². The van der Waals surface area contributed by atoms with E-state index in [1.54, 1.807) is 0 Å². The van der Waals surface area contributed by atoms with Crippen molar-refractivity contribution in [1.29, 1.82) is 0 Å². The number of ether oxygens (including phenoxy) is 3. The molecule has 0 N–H and O–H groups in total. The summed E-state index contributed by atoms with van der Waals surface area (Å²) in [5.41, 5.74) is 0. The highest BCUT2D eigenvalue weighted by Crippen LogP contribution is 2.18. The summed E-state index contributed by atoms with van der Waals surface area (Å²) in [7, 11) is 0. The van der Waals surface area contributed by atoms with Gasteiger partial charge in [0.15, 0.2) is 6.10 Å². The third-order valence-corrected chi connectivity index (χ3v) is 14.0. The molecule has 0 aliphatic rings. The lowest BCUT2D eigenvalue weighted by Crippen LogP contribution is -2.30. The molecule has 0 aliphatic heterocycles.